The van der Waals surface area contributed by atoms with Gasteiger partial charge in [-0.1, -0.05) is 89.3 Å². The van der Waals surface area contributed by atoms with Gasteiger partial charge in [-0.2, -0.15) is 8.78 Å². The number of nitrogens with two attached hydrogens (primary N) is 2. The Labute approximate surface area is 263 Å². The minimum Gasteiger partial charge on any atom is -0.463 e. The molecule has 1 saturated carbocycles. The minimum absolute atomic E-state index is 0.142. The van der Waals surface area contributed by atoms with Crippen molar-refractivity contribution in [3.63, 3.8) is 0 Å². The number of ether oxygens (including phenoxy) is 2. The number of halogens is 2. The SMILES string of the molecule is CCCCCC1CCC(C(F)(F)Oc2ccc(/C=C/C(=O)OCCCCCCCCCCc3ccc(N)cc3N)cc2)CC1. The van der Waals surface area contributed by atoms with Crippen LogP contribution in [0.4, 0.5) is 20.2 Å². The predicted molar refractivity (Wildman–Crippen MR) is 178 cm³/mol. The van der Waals surface area contributed by atoms with E-state index in [0.717, 1.165) is 62.6 Å². The molecule has 2 aromatic rings. The van der Waals surface area contributed by atoms with E-state index < -0.39 is 18.0 Å². The van der Waals surface area contributed by atoms with Crippen molar-refractivity contribution in [1.29, 1.82) is 0 Å². The van der Waals surface area contributed by atoms with E-state index in [0.29, 0.717) is 31.1 Å². The zero-order valence-electron chi connectivity index (χ0n) is 26.7. The number of carbonyl (C=O) groups excluding carboxylic acids is 1. The maximum absolute atomic E-state index is 14.8. The first-order valence-electron chi connectivity index (χ1n) is 16.9. The number of unbranched alkanes of at least 4 members (excludes halogenated alkanes) is 9. The second-order valence-electron chi connectivity index (χ2n) is 12.5. The molecule has 5 nitrogen and oxygen atoms in total. The molecule has 0 atom stereocenters. The number of alkyl halides is 2. The zero-order chi connectivity index (χ0) is 31.6. The molecule has 0 aliphatic heterocycles. The fourth-order valence-electron chi connectivity index (χ4n) is 6.06. The smallest absolute Gasteiger partial charge is 0.400 e. The number of hydrogen-bond acceptors (Lipinski definition) is 5. The average molecular weight is 613 g/mol. The van der Waals surface area contributed by atoms with Crippen molar-refractivity contribution >= 4 is 23.4 Å². The van der Waals surface area contributed by atoms with Crippen LogP contribution in [0.1, 0.15) is 121 Å². The third kappa shape index (κ3) is 13.3. The van der Waals surface area contributed by atoms with Gasteiger partial charge in [-0.25, -0.2) is 4.79 Å². The Morgan fingerprint density at radius 2 is 1.52 bits per heavy atom. The molecule has 0 amide bonds. The summed E-state index contributed by atoms with van der Waals surface area (Å²) < 4.78 is 40.1. The van der Waals surface area contributed by atoms with E-state index in [1.165, 1.54) is 68.7 Å². The summed E-state index contributed by atoms with van der Waals surface area (Å²) in [5.74, 6) is -0.422. The standard InChI is InChI=1S/C37H54F2N2O3/c1-2-3-10-13-29-15-21-32(22-16-29)37(38,39)44-34-24-17-30(18-25-34)19-26-36(42)43-27-12-9-7-5-4-6-8-11-14-31-20-23-33(40)28-35(31)41/h17-20,23-26,28-29,32H,2-16,21-22,27,40-41H2,1H3/b26-19+. The fraction of sp³-hybridized carbons (Fsp3) is 0.595. The maximum Gasteiger partial charge on any atom is 0.400 e. The van der Waals surface area contributed by atoms with E-state index in [-0.39, 0.29) is 5.75 Å². The first kappa shape index (κ1) is 35.4. The molecule has 1 aliphatic carbocycles. The number of benzene rings is 2. The molecule has 7 heteroatoms. The van der Waals surface area contributed by atoms with E-state index >= 15 is 0 Å². The first-order chi connectivity index (χ1) is 21.3. The molecule has 2 aromatic carbocycles. The van der Waals surface area contributed by atoms with E-state index in [1.54, 1.807) is 18.2 Å². The lowest BCUT2D eigenvalue weighted by Crippen LogP contribution is -2.37. The summed E-state index contributed by atoms with van der Waals surface area (Å²) in [7, 11) is 0. The van der Waals surface area contributed by atoms with Crippen molar-refractivity contribution in [2.24, 2.45) is 11.8 Å². The molecule has 0 saturated heterocycles. The Morgan fingerprint density at radius 1 is 0.864 bits per heavy atom. The Balaban J connectivity index is 1.21. The number of hydrogen-bond donors (Lipinski definition) is 2. The van der Waals surface area contributed by atoms with Crippen LogP contribution in [0, 0.1) is 11.8 Å². The summed E-state index contributed by atoms with van der Waals surface area (Å²) in [4.78, 5) is 12.1. The van der Waals surface area contributed by atoms with Gasteiger partial charge in [0.15, 0.2) is 0 Å². The molecule has 0 spiro atoms. The highest BCUT2D eigenvalue weighted by atomic mass is 19.3. The van der Waals surface area contributed by atoms with Gasteiger partial charge in [0.05, 0.1) is 12.5 Å². The molecular weight excluding hydrogens is 558 g/mol. The maximum atomic E-state index is 14.8. The number of rotatable bonds is 20. The molecule has 3 rings (SSSR count). The monoisotopic (exact) mass is 612 g/mol. The Hall–Kier alpha value is -3.09. The van der Waals surface area contributed by atoms with Crippen LogP contribution in [0.25, 0.3) is 6.08 Å². The third-order valence-corrected chi connectivity index (χ3v) is 8.84. The average Bonchev–Trinajstić information content (AvgIpc) is 3.00. The van der Waals surface area contributed by atoms with Crippen molar-refractivity contribution in [3.05, 3.63) is 59.7 Å². The van der Waals surface area contributed by atoms with Crippen LogP contribution in [0.15, 0.2) is 48.5 Å². The highest BCUT2D eigenvalue weighted by molar-refractivity contribution is 5.87. The molecule has 0 bridgehead atoms. The quantitative estimate of drug-likeness (QED) is 0.0672. The Bertz CT molecular complexity index is 1130. The summed E-state index contributed by atoms with van der Waals surface area (Å²) in [6.45, 7) is 2.58. The van der Waals surface area contributed by atoms with E-state index in [2.05, 4.69) is 6.92 Å². The van der Waals surface area contributed by atoms with E-state index in [9.17, 15) is 13.6 Å². The van der Waals surface area contributed by atoms with Gasteiger partial charge in [0.25, 0.3) is 0 Å². The highest BCUT2D eigenvalue weighted by Crippen LogP contribution is 2.41. The van der Waals surface area contributed by atoms with Crippen molar-refractivity contribution in [1.82, 2.24) is 0 Å². The molecule has 0 radical (unpaired) electrons. The molecule has 0 aromatic heterocycles. The molecule has 0 unspecified atom stereocenters. The summed E-state index contributed by atoms with van der Waals surface area (Å²) >= 11 is 0. The van der Waals surface area contributed by atoms with Crippen molar-refractivity contribution in [3.8, 4) is 5.75 Å². The third-order valence-electron chi connectivity index (χ3n) is 8.84. The summed E-state index contributed by atoms with van der Waals surface area (Å²) in [5.41, 5.74) is 15.2. The molecule has 44 heavy (non-hydrogen) atoms. The Kier molecular flexibility index (Phi) is 15.5. The van der Waals surface area contributed by atoms with Gasteiger partial charge in [0, 0.05) is 17.5 Å². The van der Waals surface area contributed by atoms with Crippen molar-refractivity contribution in [2.75, 3.05) is 18.1 Å². The number of anilines is 2. The largest absolute Gasteiger partial charge is 0.463 e. The number of nitrogen functional groups attached to an aromatic ring is 2. The zero-order valence-corrected chi connectivity index (χ0v) is 26.7. The Morgan fingerprint density at radius 3 is 2.18 bits per heavy atom. The summed E-state index contributed by atoms with van der Waals surface area (Å²) in [6.07, 6.45) is 17.3. The van der Waals surface area contributed by atoms with Crippen LogP contribution in [0.2, 0.25) is 0 Å². The lowest BCUT2D eigenvalue weighted by atomic mass is 9.79. The van der Waals surface area contributed by atoms with Gasteiger partial charge in [-0.3, -0.25) is 0 Å². The van der Waals surface area contributed by atoms with Crippen molar-refractivity contribution in [2.45, 2.75) is 122 Å². The number of esters is 1. The van der Waals surface area contributed by atoms with E-state index in [1.807, 2.05) is 18.2 Å². The second kappa shape index (κ2) is 19.3. The lowest BCUT2D eigenvalue weighted by Gasteiger charge is -2.33. The molecule has 4 N–H and O–H groups in total. The van der Waals surface area contributed by atoms with Gasteiger partial charge >= 0.3 is 12.1 Å². The van der Waals surface area contributed by atoms with Crippen LogP contribution in [0.3, 0.4) is 0 Å². The number of aryl methyl sites for hydroxylation is 1. The van der Waals surface area contributed by atoms with Gasteiger partial charge < -0.3 is 20.9 Å². The number of carbonyl (C=O) groups is 1. The van der Waals surface area contributed by atoms with Gasteiger partial charge in [0.2, 0.25) is 0 Å². The molecule has 244 valence electrons. The molecule has 1 aliphatic rings. The lowest BCUT2D eigenvalue weighted by molar-refractivity contribution is -0.223. The van der Waals surface area contributed by atoms with Crippen LogP contribution >= 0.6 is 0 Å². The topological polar surface area (TPSA) is 87.6 Å². The molecule has 0 heterocycles. The fourth-order valence-corrected chi connectivity index (χ4v) is 6.06. The molecular formula is C37H54F2N2O3. The molecule has 1 fully saturated rings. The van der Waals surface area contributed by atoms with Crippen LogP contribution < -0.4 is 16.2 Å². The normalized spacial score (nSPS) is 17.2. The van der Waals surface area contributed by atoms with Gasteiger partial charge in [0.1, 0.15) is 5.75 Å². The van der Waals surface area contributed by atoms with E-state index in [4.69, 9.17) is 20.9 Å². The highest BCUT2D eigenvalue weighted by Gasteiger charge is 2.43. The van der Waals surface area contributed by atoms with Gasteiger partial charge in [-0.15, -0.1) is 0 Å². The predicted octanol–water partition coefficient (Wildman–Crippen LogP) is 10.1. The second-order valence-corrected chi connectivity index (χ2v) is 12.5. The van der Waals surface area contributed by atoms with Crippen LogP contribution in [-0.2, 0) is 16.0 Å². The van der Waals surface area contributed by atoms with Crippen LogP contribution in [0.5, 0.6) is 5.75 Å². The first-order valence-corrected chi connectivity index (χ1v) is 16.9. The minimum atomic E-state index is -3.18. The van der Waals surface area contributed by atoms with Crippen LogP contribution in [-0.4, -0.2) is 18.7 Å². The summed E-state index contributed by atoms with van der Waals surface area (Å²) in [6, 6.07) is 12.2. The van der Waals surface area contributed by atoms with Gasteiger partial charge in [-0.05, 0) is 92.3 Å². The van der Waals surface area contributed by atoms with Crippen molar-refractivity contribution < 1.29 is 23.0 Å². The summed E-state index contributed by atoms with van der Waals surface area (Å²) in [5, 5.41) is 0.